The predicted octanol–water partition coefficient (Wildman–Crippen LogP) is 6.05. The van der Waals surface area contributed by atoms with Crippen LogP contribution in [0, 0.1) is 25.2 Å². The van der Waals surface area contributed by atoms with Gasteiger partial charge < -0.3 is 4.57 Å². The van der Waals surface area contributed by atoms with Crippen LogP contribution in [0.15, 0.2) is 34.8 Å². The Morgan fingerprint density at radius 3 is 2.48 bits per heavy atom. The topological polar surface area (TPSA) is 28.7 Å². The fourth-order valence-electron chi connectivity index (χ4n) is 3.64. The molecule has 1 aromatic carbocycles. The summed E-state index contributed by atoms with van der Waals surface area (Å²) in [6.07, 6.45) is 7.23. The van der Waals surface area contributed by atoms with Gasteiger partial charge in [-0.3, -0.25) is 0 Å². The molecule has 1 heterocycles. The maximum absolute atomic E-state index is 9.55. The van der Waals surface area contributed by atoms with Gasteiger partial charge in [0.05, 0.1) is 11.6 Å². The lowest BCUT2D eigenvalue weighted by Crippen LogP contribution is -2.08. The van der Waals surface area contributed by atoms with Gasteiger partial charge in [-0.25, -0.2) is 0 Å². The lowest BCUT2D eigenvalue weighted by Gasteiger charge is -2.17. The number of hydrogen-bond acceptors (Lipinski definition) is 1. The molecule has 2 nitrogen and oxygen atoms in total. The first-order valence-electron chi connectivity index (χ1n) is 8.16. The predicted molar refractivity (Wildman–Crippen MR) is 99.0 cm³/mol. The highest BCUT2D eigenvalue weighted by Crippen LogP contribution is 2.34. The Kier molecular flexibility index (Phi) is 4.73. The van der Waals surface area contributed by atoms with Crippen molar-refractivity contribution in [2.24, 2.45) is 0 Å². The van der Waals surface area contributed by atoms with Crippen LogP contribution < -0.4 is 0 Å². The number of allylic oxidation sites excluding steroid dienone is 1. The molecule has 1 fully saturated rings. The Bertz CT molecular complexity index is 769. The van der Waals surface area contributed by atoms with Crippen LogP contribution in [-0.2, 0) is 0 Å². The Morgan fingerprint density at radius 2 is 1.87 bits per heavy atom. The van der Waals surface area contributed by atoms with Crippen molar-refractivity contribution in [3.63, 3.8) is 0 Å². The molecule has 23 heavy (non-hydrogen) atoms. The Morgan fingerprint density at radius 1 is 1.22 bits per heavy atom. The van der Waals surface area contributed by atoms with Crippen LogP contribution in [0.4, 0.5) is 0 Å². The molecule has 3 rings (SSSR count). The second-order valence-electron chi connectivity index (χ2n) is 6.31. The van der Waals surface area contributed by atoms with E-state index in [1.165, 1.54) is 37.1 Å². The first-order valence-corrected chi connectivity index (χ1v) is 8.95. The quantitative estimate of drug-likeness (QED) is 0.606. The third-order valence-electron chi connectivity index (χ3n) is 4.79. The van der Waals surface area contributed by atoms with Crippen LogP contribution in [0.25, 0.3) is 11.6 Å². The molecule has 1 aromatic heterocycles. The molecule has 1 saturated carbocycles. The van der Waals surface area contributed by atoms with Crippen molar-refractivity contribution >= 4 is 27.6 Å². The van der Waals surface area contributed by atoms with Crippen molar-refractivity contribution in [3.8, 4) is 6.07 Å². The number of halogens is 1. The lowest BCUT2D eigenvalue weighted by molar-refractivity contribution is 0.500. The smallest absolute Gasteiger partial charge is 0.0998 e. The summed E-state index contributed by atoms with van der Waals surface area (Å²) in [5, 5.41) is 9.55. The van der Waals surface area contributed by atoms with Crippen molar-refractivity contribution in [2.75, 3.05) is 0 Å². The van der Waals surface area contributed by atoms with Crippen LogP contribution in [0.1, 0.15) is 54.2 Å². The van der Waals surface area contributed by atoms with Crippen molar-refractivity contribution in [3.05, 3.63) is 57.3 Å². The highest BCUT2D eigenvalue weighted by Gasteiger charge is 2.20. The number of benzene rings is 1. The fraction of sp³-hybridized carbons (Fsp3) is 0.350. The van der Waals surface area contributed by atoms with E-state index in [2.05, 4.69) is 46.5 Å². The molecule has 0 spiro atoms. The molecule has 118 valence electrons. The van der Waals surface area contributed by atoms with Crippen LogP contribution >= 0.6 is 15.9 Å². The summed E-state index contributed by atoms with van der Waals surface area (Å²) in [5.74, 6) is 0. The van der Waals surface area contributed by atoms with Crippen molar-refractivity contribution in [1.82, 2.24) is 4.57 Å². The minimum absolute atomic E-state index is 0.635. The summed E-state index contributed by atoms with van der Waals surface area (Å²) in [6, 6.07) is 13.1. The van der Waals surface area contributed by atoms with Crippen LogP contribution in [0.5, 0.6) is 0 Å². The van der Waals surface area contributed by atoms with Gasteiger partial charge in [0.2, 0.25) is 0 Å². The minimum Gasteiger partial charge on any atom is -0.346 e. The second kappa shape index (κ2) is 6.76. The van der Waals surface area contributed by atoms with E-state index in [9.17, 15) is 5.26 Å². The summed E-state index contributed by atoms with van der Waals surface area (Å²) in [7, 11) is 0. The summed E-state index contributed by atoms with van der Waals surface area (Å²) in [6.45, 7) is 4.35. The second-order valence-corrected chi connectivity index (χ2v) is 7.23. The zero-order chi connectivity index (χ0) is 16.4. The van der Waals surface area contributed by atoms with Crippen molar-refractivity contribution in [1.29, 1.82) is 5.26 Å². The van der Waals surface area contributed by atoms with E-state index in [-0.39, 0.29) is 0 Å². The number of aromatic nitrogens is 1. The number of nitriles is 1. The number of rotatable bonds is 3. The van der Waals surface area contributed by atoms with Gasteiger partial charge in [0.15, 0.2) is 0 Å². The summed E-state index contributed by atoms with van der Waals surface area (Å²) < 4.78 is 3.49. The first-order chi connectivity index (χ1) is 11.1. The Labute approximate surface area is 146 Å². The van der Waals surface area contributed by atoms with Gasteiger partial charge in [0.1, 0.15) is 0 Å². The van der Waals surface area contributed by atoms with Crippen molar-refractivity contribution < 1.29 is 0 Å². The van der Waals surface area contributed by atoms with Crippen LogP contribution in [0.3, 0.4) is 0 Å². The third kappa shape index (κ3) is 3.28. The molecule has 2 aromatic rings. The van der Waals surface area contributed by atoms with Gasteiger partial charge in [-0.1, -0.05) is 40.9 Å². The van der Waals surface area contributed by atoms with Gasteiger partial charge in [-0.05, 0) is 62.1 Å². The molecule has 0 radical (unpaired) electrons. The van der Waals surface area contributed by atoms with E-state index < -0.39 is 0 Å². The highest BCUT2D eigenvalue weighted by molar-refractivity contribution is 9.10. The molecule has 0 unspecified atom stereocenters. The average molecular weight is 369 g/mol. The highest BCUT2D eigenvalue weighted by atomic mass is 79.9. The maximum atomic E-state index is 9.55. The largest absolute Gasteiger partial charge is 0.346 e. The summed E-state index contributed by atoms with van der Waals surface area (Å²) in [5.41, 5.74) is 5.41. The van der Waals surface area contributed by atoms with Gasteiger partial charge in [-0.15, -0.1) is 0 Å². The lowest BCUT2D eigenvalue weighted by atomic mass is 10.0. The number of nitrogens with zero attached hydrogens (tertiary/aromatic N) is 2. The standard InChI is InChI=1S/C20H21BrN2/c1-14-11-17(15(2)23(14)20-5-3-4-6-20)12-18(13-22)16-7-9-19(21)10-8-16/h7-12,20H,3-6H2,1-2H3/b18-12+. The number of hydrogen-bond donors (Lipinski definition) is 0. The van der Waals surface area contributed by atoms with Gasteiger partial charge in [0.25, 0.3) is 0 Å². The molecule has 0 amide bonds. The monoisotopic (exact) mass is 368 g/mol. The van der Waals surface area contributed by atoms with Crippen LogP contribution in [0.2, 0.25) is 0 Å². The normalized spacial score (nSPS) is 15.8. The van der Waals surface area contributed by atoms with Gasteiger partial charge in [0, 0.05) is 21.9 Å². The molecule has 0 saturated heterocycles. The van der Waals surface area contributed by atoms with E-state index in [1.54, 1.807) is 0 Å². The van der Waals surface area contributed by atoms with E-state index in [4.69, 9.17) is 0 Å². The fourth-order valence-corrected chi connectivity index (χ4v) is 3.90. The molecule has 0 atom stereocenters. The summed E-state index contributed by atoms with van der Waals surface area (Å²) in [4.78, 5) is 0. The average Bonchev–Trinajstić information content (AvgIpc) is 3.14. The zero-order valence-corrected chi connectivity index (χ0v) is 15.2. The summed E-state index contributed by atoms with van der Waals surface area (Å²) >= 11 is 3.44. The molecular weight excluding hydrogens is 348 g/mol. The van der Waals surface area contributed by atoms with Crippen molar-refractivity contribution in [2.45, 2.75) is 45.6 Å². The molecule has 0 aliphatic heterocycles. The molecule has 3 heteroatoms. The number of aryl methyl sites for hydroxylation is 1. The van der Waals surface area contributed by atoms with Gasteiger partial charge >= 0.3 is 0 Å². The molecule has 0 N–H and O–H groups in total. The van der Waals surface area contributed by atoms with E-state index in [1.807, 2.05) is 30.3 Å². The van der Waals surface area contributed by atoms with E-state index in [0.717, 1.165) is 15.6 Å². The van der Waals surface area contributed by atoms with Crippen LogP contribution in [-0.4, -0.2) is 4.57 Å². The van der Waals surface area contributed by atoms with Gasteiger partial charge in [-0.2, -0.15) is 5.26 Å². The SMILES string of the molecule is Cc1cc(/C=C(\C#N)c2ccc(Br)cc2)c(C)n1C1CCCC1. The third-order valence-corrected chi connectivity index (χ3v) is 5.32. The van der Waals surface area contributed by atoms with E-state index >= 15 is 0 Å². The molecular formula is C20H21BrN2. The molecule has 0 bridgehead atoms. The Hall–Kier alpha value is -1.79. The minimum atomic E-state index is 0.635. The Balaban J connectivity index is 1.99. The first kappa shape index (κ1) is 16.1. The zero-order valence-electron chi connectivity index (χ0n) is 13.6. The molecule has 1 aliphatic carbocycles. The maximum Gasteiger partial charge on any atom is 0.0998 e. The van der Waals surface area contributed by atoms with E-state index in [0.29, 0.717) is 11.6 Å². The molecule has 1 aliphatic rings.